The van der Waals surface area contributed by atoms with Crippen molar-refractivity contribution in [3.8, 4) is 5.88 Å². The third-order valence-corrected chi connectivity index (χ3v) is 4.88. The summed E-state index contributed by atoms with van der Waals surface area (Å²) in [6.07, 6.45) is 1.54. The lowest BCUT2D eigenvalue weighted by Crippen LogP contribution is -2.38. The third-order valence-electron chi connectivity index (χ3n) is 4.88. The monoisotopic (exact) mass is 396 g/mol. The van der Waals surface area contributed by atoms with Crippen molar-refractivity contribution in [1.82, 2.24) is 19.7 Å². The number of aryl methyl sites for hydroxylation is 1. The van der Waals surface area contributed by atoms with Crippen molar-refractivity contribution in [3.63, 3.8) is 0 Å². The number of pyridine rings is 1. The molecule has 4 rings (SSSR count). The molecule has 3 aromatic rings. The van der Waals surface area contributed by atoms with Crippen LogP contribution in [0.2, 0.25) is 0 Å². The summed E-state index contributed by atoms with van der Waals surface area (Å²) in [4.78, 5) is 18.8. The summed E-state index contributed by atoms with van der Waals surface area (Å²) in [5, 5.41) is 8.20. The SMILES string of the molecule is Cn1nc(OCCN2CCOCC2)c2ccc(NC(=O)c3ncccc3N)cc21. The Labute approximate surface area is 168 Å². The van der Waals surface area contributed by atoms with Crippen LogP contribution in [0.25, 0.3) is 10.9 Å². The fraction of sp³-hybridized carbons (Fsp3) is 0.350. The normalized spacial score (nSPS) is 14.8. The average molecular weight is 396 g/mol. The maximum atomic E-state index is 12.4. The molecule has 3 heterocycles. The van der Waals surface area contributed by atoms with Crippen molar-refractivity contribution < 1.29 is 14.3 Å². The smallest absolute Gasteiger partial charge is 0.276 e. The number of nitrogen functional groups attached to an aromatic ring is 1. The lowest BCUT2D eigenvalue weighted by atomic mass is 10.2. The highest BCUT2D eigenvalue weighted by molar-refractivity contribution is 6.06. The van der Waals surface area contributed by atoms with Gasteiger partial charge in [-0.25, -0.2) is 4.98 Å². The minimum absolute atomic E-state index is 0.199. The van der Waals surface area contributed by atoms with Gasteiger partial charge < -0.3 is 20.5 Å². The summed E-state index contributed by atoms with van der Waals surface area (Å²) in [6, 6.07) is 8.90. The Kier molecular flexibility index (Phi) is 5.59. The van der Waals surface area contributed by atoms with Crippen LogP contribution in [0, 0.1) is 0 Å². The first-order chi connectivity index (χ1) is 14.1. The van der Waals surface area contributed by atoms with Crippen LogP contribution in [0.5, 0.6) is 5.88 Å². The van der Waals surface area contributed by atoms with E-state index in [0.717, 1.165) is 43.8 Å². The molecule has 0 atom stereocenters. The van der Waals surface area contributed by atoms with Crippen molar-refractivity contribution >= 4 is 28.2 Å². The molecule has 2 aromatic heterocycles. The molecule has 0 saturated carbocycles. The minimum atomic E-state index is -0.355. The van der Waals surface area contributed by atoms with Crippen LogP contribution in [0.1, 0.15) is 10.5 Å². The molecule has 1 aromatic carbocycles. The number of hydrogen-bond donors (Lipinski definition) is 2. The lowest BCUT2D eigenvalue weighted by Gasteiger charge is -2.26. The second-order valence-electron chi connectivity index (χ2n) is 6.86. The Morgan fingerprint density at radius 1 is 1.31 bits per heavy atom. The summed E-state index contributed by atoms with van der Waals surface area (Å²) in [5.41, 5.74) is 7.86. The van der Waals surface area contributed by atoms with Gasteiger partial charge in [0.15, 0.2) is 5.69 Å². The summed E-state index contributed by atoms with van der Waals surface area (Å²) < 4.78 is 13.0. The largest absolute Gasteiger partial charge is 0.475 e. The van der Waals surface area contributed by atoms with Crippen LogP contribution in [0.4, 0.5) is 11.4 Å². The Bertz CT molecular complexity index is 1010. The van der Waals surface area contributed by atoms with Gasteiger partial charge in [0.05, 0.1) is 29.8 Å². The number of nitrogens with two attached hydrogens (primary N) is 1. The van der Waals surface area contributed by atoms with Crippen LogP contribution < -0.4 is 15.8 Å². The second-order valence-corrected chi connectivity index (χ2v) is 6.86. The van der Waals surface area contributed by atoms with Gasteiger partial charge in [-0.05, 0) is 30.3 Å². The highest BCUT2D eigenvalue weighted by atomic mass is 16.5. The molecule has 0 spiro atoms. The zero-order valence-electron chi connectivity index (χ0n) is 16.3. The molecular weight excluding hydrogens is 372 g/mol. The number of aromatic nitrogens is 3. The number of fused-ring (bicyclic) bond motifs is 1. The van der Waals surface area contributed by atoms with E-state index < -0.39 is 0 Å². The topological polar surface area (TPSA) is 108 Å². The number of carbonyl (C=O) groups is 1. The molecule has 152 valence electrons. The van der Waals surface area contributed by atoms with Crippen molar-refractivity contribution in [2.24, 2.45) is 7.05 Å². The van der Waals surface area contributed by atoms with Crippen LogP contribution >= 0.6 is 0 Å². The van der Waals surface area contributed by atoms with Gasteiger partial charge in [-0.3, -0.25) is 14.4 Å². The molecular formula is C20H24N6O3. The Morgan fingerprint density at radius 3 is 2.93 bits per heavy atom. The number of benzene rings is 1. The van der Waals surface area contributed by atoms with E-state index in [1.54, 1.807) is 16.8 Å². The van der Waals surface area contributed by atoms with Crippen LogP contribution in [0.3, 0.4) is 0 Å². The molecule has 0 aliphatic carbocycles. The quantitative estimate of drug-likeness (QED) is 0.650. The Balaban J connectivity index is 1.45. The fourth-order valence-electron chi connectivity index (χ4n) is 3.30. The van der Waals surface area contributed by atoms with Crippen molar-refractivity contribution in [2.45, 2.75) is 0 Å². The number of amides is 1. The van der Waals surface area contributed by atoms with Crippen LogP contribution in [-0.4, -0.2) is 65.0 Å². The molecule has 29 heavy (non-hydrogen) atoms. The van der Waals surface area contributed by atoms with E-state index in [9.17, 15) is 4.79 Å². The molecule has 0 radical (unpaired) electrons. The first-order valence-corrected chi connectivity index (χ1v) is 9.53. The zero-order chi connectivity index (χ0) is 20.2. The molecule has 3 N–H and O–H groups in total. The minimum Gasteiger partial charge on any atom is -0.475 e. The van der Waals surface area contributed by atoms with Crippen molar-refractivity contribution in [2.75, 3.05) is 50.5 Å². The van der Waals surface area contributed by atoms with Crippen LogP contribution in [0.15, 0.2) is 36.5 Å². The zero-order valence-corrected chi connectivity index (χ0v) is 16.3. The van der Waals surface area contributed by atoms with Gasteiger partial charge in [0.25, 0.3) is 5.91 Å². The molecule has 1 saturated heterocycles. The molecule has 9 heteroatoms. The average Bonchev–Trinajstić information content (AvgIpc) is 3.04. The molecule has 1 aliphatic rings. The molecule has 1 fully saturated rings. The first kappa shape index (κ1) is 19.2. The molecule has 9 nitrogen and oxygen atoms in total. The van der Waals surface area contributed by atoms with E-state index in [1.807, 2.05) is 25.2 Å². The summed E-state index contributed by atoms with van der Waals surface area (Å²) in [7, 11) is 1.85. The standard InChI is InChI=1S/C20H24N6O3/c1-25-17-13-14(23-19(27)18-16(21)3-2-6-22-18)4-5-15(17)20(24-25)29-12-9-26-7-10-28-11-8-26/h2-6,13H,7-12,21H2,1H3,(H,23,27). The predicted molar refractivity (Wildman–Crippen MR) is 110 cm³/mol. The van der Waals surface area contributed by atoms with Gasteiger partial charge in [-0.2, -0.15) is 0 Å². The number of morpholine rings is 1. The number of hydrogen-bond acceptors (Lipinski definition) is 7. The van der Waals surface area contributed by atoms with E-state index >= 15 is 0 Å². The van der Waals surface area contributed by atoms with Crippen LogP contribution in [-0.2, 0) is 11.8 Å². The second kappa shape index (κ2) is 8.46. The van der Waals surface area contributed by atoms with E-state index in [2.05, 4.69) is 20.3 Å². The Hall–Kier alpha value is -3.17. The van der Waals surface area contributed by atoms with E-state index in [1.165, 1.54) is 6.20 Å². The fourth-order valence-corrected chi connectivity index (χ4v) is 3.30. The van der Waals surface area contributed by atoms with E-state index in [-0.39, 0.29) is 11.6 Å². The van der Waals surface area contributed by atoms with Crippen molar-refractivity contribution in [1.29, 1.82) is 0 Å². The lowest BCUT2D eigenvalue weighted by molar-refractivity contribution is 0.0320. The predicted octanol–water partition coefficient (Wildman–Crippen LogP) is 1.51. The van der Waals surface area contributed by atoms with Gasteiger partial charge >= 0.3 is 0 Å². The number of nitrogens with zero attached hydrogens (tertiary/aromatic N) is 4. The summed E-state index contributed by atoms with van der Waals surface area (Å²) in [6.45, 7) is 4.79. The van der Waals surface area contributed by atoms with Gasteiger partial charge in [0.1, 0.15) is 6.61 Å². The molecule has 0 bridgehead atoms. The van der Waals surface area contributed by atoms with Crippen molar-refractivity contribution in [3.05, 3.63) is 42.2 Å². The van der Waals surface area contributed by atoms with Gasteiger partial charge in [0.2, 0.25) is 5.88 Å². The Morgan fingerprint density at radius 2 is 2.14 bits per heavy atom. The van der Waals surface area contributed by atoms with Gasteiger partial charge in [0, 0.05) is 38.6 Å². The number of anilines is 2. The van der Waals surface area contributed by atoms with Gasteiger partial charge in [-0.15, -0.1) is 5.10 Å². The third kappa shape index (κ3) is 4.30. The summed E-state index contributed by atoms with van der Waals surface area (Å²) in [5.74, 6) is 0.231. The van der Waals surface area contributed by atoms with E-state index in [0.29, 0.717) is 23.9 Å². The number of ether oxygens (including phenoxy) is 2. The first-order valence-electron chi connectivity index (χ1n) is 9.53. The number of rotatable bonds is 6. The molecule has 1 aliphatic heterocycles. The molecule has 0 unspecified atom stereocenters. The van der Waals surface area contributed by atoms with E-state index in [4.69, 9.17) is 15.2 Å². The summed E-state index contributed by atoms with van der Waals surface area (Å²) >= 11 is 0. The highest BCUT2D eigenvalue weighted by Crippen LogP contribution is 2.27. The number of carbonyl (C=O) groups excluding carboxylic acids is 1. The molecule has 1 amide bonds. The maximum Gasteiger partial charge on any atom is 0.276 e. The van der Waals surface area contributed by atoms with Gasteiger partial charge in [-0.1, -0.05) is 0 Å². The number of nitrogens with one attached hydrogen (secondary N) is 1. The highest BCUT2D eigenvalue weighted by Gasteiger charge is 2.15. The maximum absolute atomic E-state index is 12.4.